The van der Waals surface area contributed by atoms with E-state index in [1.165, 1.54) is 6.92 Å². The highest BCUT2D eigenvalue weighted by Crippen LogP contribution is 2.00. The molecule has 3 heteroatoms. The highest BCUT2D eigenvalue weighted by atomic mass is 16.5. The van der Waals surface area contributed by atoms with E-state index in [0.717, 1.165) is 6.42 Å². The minimum Gasteiger partial charge on any atom is -0.465 e. The van der Waals surface area contributed by atoms with Gasteiger partial charge in [-0.05, 0) is 6.42 Å². The van der Waals surface area contributed by atoms with Crippen molar-refractivity contribution in [3.05, 3.63) is 0 Å². The van der Waals surface area contributed by atoms with Crippen LogP contribution in [0.2, 0.25) is 0 Å². The number of aliphatic hydroxyl groups excluding tert-OH is 1. The number of aliphatic hydroxyl groups is 1. The molecule has 60 valence electrons. The Labute approximate surface area is 61.0 Å². The summed E-state index contributed by atoms with van der Waals surface area (Å²) in [6.07, 6.45) is 0.837. The Kier molecular flexibility index (Phi) is 4.94. The highest BCUT2D eigenvalue weighted by molar-refractivity contribution is 5.65. The molecule has 0 aliphatic rings. The molecule has 3 nitrogen and oxygen atoms in total. The number of carbonyl (C=O) groups is 1. The quantitative estimate of drug-likeness (QED) is 0.590. The third kappa shape index (κ3) is 4.32. The van der Waals surface area contributed by atoms with E-state index in [4.69, 9.17) is 5.11 Å². The van der Waals surface area contributed by atoms with Gasteiger partial charge in [0.2, 0.25) is 0 Å². The molecule has 0 aromatic rings. The van der Waals surface area contributed by atoms with E-state index < -0.39 is 0 Å². The van der Waals surface area contributed by atoms with Gasteiger partial charge in [0.15, 0.2) is 0 Å². The third-order valence-corrected chi connectivity index (χ3v) is 1.36. The molecule has 1 atom stereocenters. The molecular formula is C7H14O3. The van der Waals surface area contributed by atoms with Gasteiger partial charge in [-0.1, -0.05) is 6.92 Å². The van der Waals surface area contributed by atoms with Gasteiger partial charge in [0, 0.05) is 19.4 Å². The molecule has 0 aliphatic heterocycles. The molecule has 0 spiro atoms. The molecule has 0 heterocycles. The summed E-state index contributed by atoms with van der Waals surface area (Å²) in [7, 11) is 0. The normalized spacial score (nSPS) is 12.7. The minimum absolute atomic E-state index is 0.0871. The van der Waals surface area contributed by atoms with Crippen molar-refractivity contribution in [2.24, 2.45) is 5.92 Å². The van der Waals surface area contributed by atoms with E-state index in [1.807, 2.05) is 6.92 Å². The van der Waals surface area contributed by atoms with Crippen LogP contribution in [0.5, 0.6) is 0 Å². The van der Waals surface area contributed by atoms with Crippen molar-refractivity contribution in [1.82, 2.24) is 0 Å². The lowest BCUT2D eigenvalue weighted by Gasteiger charge is -2.09. The number of carbonyl (C=O) groups excluding carboxylic acids is 1. The molecule has 1 N–H and O–H groups in total. The van der Waals surface area contributed by atoms with Gasteiger partial charge in [0.25, 0.3) is 0 Å². The second-order valence-electron chi connectivity index (χ2n) is 2.26. The summed E-state index contributed by atoms with van der Waals surface area (Å²) >= 11 is 0. The Morgan fingerprint density at radius 1 is 1.70 bits per heavy atom. The maximum atomic E-state index is 10.3. The van der Waals surface area contributed by atoms with Gasteiger partial charge in [0.05, 0.1) is 6.61 Å². The molecule has 0 aromatic carbocycles. The molecular weight excluding hydrogens is 132 g/mol. The minimum atomic E-state index is -0.285. The first-order chi connectivity index (χ1) is 4.70. The zero-order valence-corrected chi connectivity index (χ0v) is 6.46. The fraction of sp³-hybridized carbons (Fsp3) is 0.857. The van der Waals surface area contributed by atoms with E-state index >= 15 is 0 Å². The average Bonchev–Trinajstić information content (AvgIpc) is 1.90. The Morgan fingerprint density at radius 2 is 2.30 bits per heavy atom. The van der Waals surface area contributed by atoms with Crippen molar-refractivity contribution in [3.8, 4) is 0 Å². The van der Waals surface area contributed by atoms with Crippen LogP contribution in [0.1, 0.15) is 20.3 Å². The van der Waals surface area contributed by atoms with Crippen LogP contribution in [0.4, 0.5) is 0 Å². The van der Waals surface area contributed by atoms with Crippen LogP contribution in [0.15, 0.2) is 0 Å². The number of esters is 1. The Hall–Kier alpha value is -0.570. The smallest absolute Gasteiger partial charge is 0.302 e. The van der Waals surface area contributed by atoms with Crippen molar-refractivity contribution in [3.63, 3.8) is 0 Å². The first-order valence-corrected chi connectivity index (χ1v) is 3.45. The molecule has 0 saturated carbocycles. The fourth-order valence-electron chi connectivity index (χ4n) is 0.535. The molecule has 0 rings (SSSR count). The van der Waals surface area contributed by atoms with Crippen molar-refractivity contribution in [2.75, 3.05) is 13.2 Å². The molecule has 0 fully saturated rings. The molecule has 0 bridgehead atoms. The van der Waals surface area contributed by atoms with Gasteiger partial charge >= 0.3 is 5.97 Å². The fourth-order valence-corrected chi connectivity index (χ4v) is 0.535. The van der Waals surface area contributed by atoms with Crippen molar-refractivity contribution in [2.45, 2.75) is 20.3 Å². The van der Waals surface area contributed by atoms with Gasteiger partial charge in [-0.2, -0.15) is 0 Å². The molecule has 0 unspecified atom stereocenters. The summed E-state index contributed by atoms with van der Waals surface area (Å²) < 4.78 is 4.69. The first kappa shape index (κ1) is 9.43. The molecule has 0 saturated heterocycles. The van der Waals surface area contributed by atoms with Crippen LogP contribution in [-0.2, 0) is 9.53 Å². The highest BCUT2D eigenvalue weighted by Gasteiger charge is 2.05. The second kappa shape index (κ2) is 5.23. The maximum absolute atomic E-state index is 10.3. The lowest BCUT2D eigenvalue weighted by molar-refractivity contribution is -0.142. The van der Waals surface area contributed by atoms with E-state index in [2.05, 4.69) is 4.74 Å². The SMILES string of the molecule is CC[C@@H](CO)COC(C)=O. The van der Waals surface area contributed by atoms with Crippen molar-refractivity contribution < 1.29 is 14.6 Å². The van der Waals surface area contributed by atoms with E-state index in [-0.39, 0.29) is 18.5 Å². The van der Waals surface area contributed by atoms with E-state index in [0.29, 0.717) is 6.61 Å². The van der Waals surface area contributed by atoms with Crippen molar-refractivity contribution in [1.29, 1.82) is 0 Å². The van der Waals surface area contributed by atoms with Crippen LogP contribution in [0.3, 0.4) is 0 Å². The Balaban J connectivity index is 3.34. The number of hydrogen-bond donors (Lipinski definition) is 1. The first-order valence-electron chi connectivity index (χ1n) is 3.45. The topological polar surface area (TPSA) is 46.5 Å². The number of rotatable bonds is 4. The molecule has 0 amide bonds. The zero-order chi connectivity index (χ0) is 7.98. The summed E-state index contributed by atoms with van der Waals surface area (Å²) in [6.45, 7) is 3.74. The average molecular weight is 146 g/mol. The molecule has 0 aliphatic carbocycles. The van der Waals surface area contributed by atoms with Gasteiger partial charge in [0.1, 0.15) is 0 Å². The van der Waals surface area contributed by atoms with Crippen LogP contribution in [0.25, 0.3) is 0 Å². The monoisotopic (exact) mass is 146 g/mol. The Morgan fingerprint density at radius 3 is 2.60 bits per heavy atom. The summed E-state index contributed by atoms with van der Waals surface area (Å²) in [5, 5.41) is 8.65. The lowest BCUT2D eigenvalue weighted by atomic mass is 10.1. The van der Waals surface area contributed by atoms with E-state index in [1.54, 1.807) is 0 Å². The van der Waals surface area contributed by atoms with Gasteiger partial charge in [-0.15, -0.1) is 0 Å². The van der Waals surface area contributed by atoms with Gasteiger partial charge < -0.3 is 9.84 Å². The third-order valence-electron chi connectivity index (χ3n) is 1.36. The predicted octanol–water partition coefficient (Wildman–Crippen LogP) is 0.568. The summed E-state index contributed by atoms with van der Waals surface area (Å²) in [4.78, 5) is 10.3. The second-order valence-corrected chi connectivity index (χ2v) is 2.26. The van der Waals surface area contributed by atoms with Crippen LogP contribution in [-0.4, -0.2) is 24.3 Å². The number of hydrogen-bond acceptors (Lipinski definition) is 3. The van der Waals surface area contributed by atoms with Crippen LogP contribution in [0, 0.1) is 5.92 Å². The van der Waals surface area contributed by atoms with Crippen LogP contribution < -0.4 is 0 Å². The summed E-state index contributed by atoms with van der Waals surface area (Å²) in [5.41, 5.74) is 0. The standard InChI is InChI=1S/C7H14O3/c1-3-7(4-8)5-10-6(2)9/h7-8H,3-5H2,1-2H3/t7-/m0/s1. The van der Waals surface area contributed by atoms with Gasteiger partial charge in [-0.25, -0.2) is 0 Å². The van der Waals surface area contributed by atoms with Crippen LogP contribution >= 0.6 is 0 Å². The summed E-state index contributed by atoms with van der Waals surface area (Å²) in [5.74, 6) is -0.184. The molecule has 0 aromatic heterocycles. The molecule has 0 radical (unpaired) electrons. The maximum Gasteiger partial charge on any atom is 0.302 e. The molecule has 10 heavy (non-hydrogen) atoms. The van der Waals surface area contributed by atoms with E-state index in [9.17, 15) is 4.79 Å². The van der Waals surface area contributed by atoms with Gasteiger partial charge in [-0.3, -0.25) is 4.79 Å². The Bertz CT molecular complexity index is 97.0. The lowest BCUT2D eigenvalue weighted by Crippen LogP contribution is -2.14. The number of ether oxygens (including phenoxy) is 1. The zero-order valence-electron chi connectivity index (χ0n) is 6.46. The summed E-state index contributed by atoms with van der Waals surface area (Å²) in [6, 6.07) is 0. The van der Waals surface area contributed by atoms with Crippen molar-refractivity contribution >= 4 is 5.97 Å². The predicted molar refractivity (Wildman–Crippen MR) is 37.5 cm³/mol. The largest absolute Gasteiger partial charge is 0.465 e.